The molecule has 3 aromatic heterocycles. The topological polar surface area (TPSA) is 87.9 Å². The Kier molecular flexibility index (Phi) is 4.30. The summed E-state index contributed by atoms with van der Waals surface area (Å²) in [6.45, 7) is 1.97. The van der Waals surface area contributed by atoms with E-state index in [0.717, 1.165) is 53.2 Å². The SMILES string of the molecule is Cc1cc(Nc2nc(N[C@H]3CC[C@H](O)CC3)c3c(ccn3C)n2)sn1. The van der Waals surface area contributed by atoms with Gasteiger partial charge in [-0.15, -0.1) is 0 Å². The zero-order chi connectivity index (χ0) is 17.4. The van der Waals surface area contributed by atoms with E-state index in [1.807, 2.05) is 36.9 Å². The molecule has 1 fully saturated rings. The van der Waals surface area contributed by atoms with E-state index < -0.39 is 0 Å². The van der Waals surface area contributed by atoms with Crippen molar-refractivity contribution < 1.29 is 5.11 Å². The highest BCUT2D eigenvalue weighted by atomic mass is 32.1. The van der Waals surface area contributed by atoms with Gasteiger partial charge < -0.3 is 20.3 Å². The van der Waals surface area contributed by atoms with Gasteiger partial charge in [0.1, 0.15) is 10.5 Å². The molecule has 0 radical (unpaired) electrons. The Bertz CT molecular complexity index is 881. The van der Waals surface area contributed by atoms with Crippen LogP contribution >= 0.6 is 11.5 Å². The van der Waals surface area contributed by atoms with Crippen LogP contribution in [0.5, 0.6) is 0 Å². The van der Waals surface area contributed by atoms with Gasteiger partial charge in [0.2, 0.25) is 5.95 Å². The lowest BCUT2D eigenvalue weighted by atomic mass is 9.93. The summed E-state index contributed by atoms with van der Waals surface area (Å²) in [7, 11) is 2.00. The largest absolute Gasteiger partial charge is 0.393 e. The van der Waals surface area contributed by atoms with Gasteiger partial charge in [-0.3, -0.25) is 0 Å². The summed E-state index contributed by atoms with van der Waals surface area (Å²) in [6, 6.07) is 4.31. The minimum absolute atomic E-state index is 0.162. The molecule has 3 aromatic rings. The maximum absolute atomic E-state index is 9.71. The molecule has 0 aromatic carbocycles. The van der Waals surface area contributed by atoms with Crippen molar-refractivity contribution in [2.75, 3.05) is 10.6 Å². The first kappa shape index (κ1) is 16.3. The van der Waals surface area contributed by atoms with Gasteiger partial charge in [0.25, 0.3) is 0 Å². The molecule has 0 unspecified atom stereocenters. The van der Waals surface area contributed by atoms with E-state index >= 15 is 0 Å². The third-order valence-corrected chi connectivity index (χ3v) is 5.42. The Morgan fingerprint density at radius 1 is 1.24 bits per heavy atom. The molecule has 0 aliphatic heterocycles. The van der Waals surface area contributed by atoms with Gasteiger partial charge >= 0.3 is 0 Å². The number of aliphatic hydroxyl groups is 1. The average molecular weight is 358 g/mol. The van der Waals surface area contributed by atoms with Crippen LogP contribution in [0.15, 0.2) is 18.3 Å². The van der Waals surface area contributed by atoms with Crippen LogP contribution < -0.4 is 10.6 Å². The zero-order valence-electron chi connectivity index (χ0n) is 14.4. The summed E-state index contributed by atoms with van der Waals surface area (Å²) in [4.78, 5) is 9.34. The maximum Gasteiger partial charge on any atom is 0.230 e. The zero-order valence-corrected chi connectivity index (χ0v) is 15.2. The predicted octanol–water partition coefficient (Wildman–Crippen LogP) is 3.19. The smallest absolute Gasteiger partial charge is 0.230 e. The van der Waals surface area contributed by atoms with Crippen LogP contribution in [-0.4, -0.2) is 36.2 Å². The molecule has 25 heavy (non-hydrogen) atoms. The summed E-state index contributed by atoms with van der Waals surface area (Å²) < 4.78 is 6.32. The average Bonchev–Trinajstić information content (AvgIpc) is 3.16. The van der Waals surface area contributed by atoms with Gasteiger partial charge in [-0.05, 0) is 56.3 Å². The third-order valence-electron chi connectivity index (χ3n) is 4.62. The number of anilines is 3. The van der Waals surface area contributed by atoms with E-state index in [0.29, 0.717) is 12.0 Å². The Hall–Kier alpha value is -2.19. The predicted molar refractivity (Wildman–Crippen MR) is 101 cm³/mol. The Morgan fingerprint density at radius 2 is 2.04 bits per heavy atom. The molecular formula is C17H22N6OS. The number of hydrogen-bond acceptors (Lipinski definition) is 7. The molecule has 132 valence electrons. The minimum atomic E-state index is -0.162. The highest BCUT2D eigenvalue weighted by Gasteiger charge is 2.21. The van der Waals surface area contributed by atoms with E-state index in [9.17, 15) is 5.11 Å². The second-order valence-electron chi connectivity index (χ2n) is 6.66. The van der Waals surface area contributed by atoms with E-state index in [1.165, 1.54) is 11.5 Å². The first-order valence-corrected chi connectivity index (χ1v) is 9.34. The standard InChI is InChI=1S/C17H22N6OS/c1-10-9-14(25-22-10)20-17-19-13-7-8-23(2)15(13)16(21-17)18-11-3-5-12(24)6-4-11/h7-9,11-12,24H,3-6H2,1-2H3,(H2,18,19,20,21)/t11-,12-. The van der Waals surface area contributed by atoms with Crippen LogP contribution in [0.4, 0.5) is 16.8 Å². The molecule has 0 atom stereocenters. The highest BCUT2D eigenvalue weighted by molar-refractivity contribution is 7.10. The van der Waals surface area contributed by atoms with Crippen molar-refractivity contribution >= 4 is 39.3 Å². The van der Waals surface area contributed by atoms with Crippen molar-refractivity contribution in [3.63, 3.8) is 0 Å². The fraction of sp³-hybridized carbons (Fsp3) is 0.471. The van der Waals surface area contributed by atoms with Gasteiger partial charge in [-0.2, -0.15) is 9.36 Å². The van der Waals surface area contributed by atoms with E-state index in [1.54, 1.807) is 0 Å². The van der Waals surface area contributed by atoms with Crippen LogP contribution in [0.2, 0.25) is 0 Å². The summed E-state index contributed by atoms with van der Waals surface area (Å²) in [5.41, 5.74) is 2.88. The fourth-order valence-electron chi connectivity index (χ4n) is 3.30. The number of fused-ring (bicyclic) bond motifs is 1. The molecule has 0 spiro atoms. The fourth-order valence-corrected chi connectivity index (χ4v) is 3.95. The van der Waals surface area contributed by atoms with Crippen molar-refractivity contribution in [1.29, 1.82) is 0 Å². The van der Waals surface area contributed by atoms with Gasteiger partial charge in [-0.1, -0.05) is 0 Å². The van der Waals surface area contributed by atoms with Crippen molar-refractivity contribution in [3.05, 3.63) is 24.0 Å². The number of aromatic nitrogens is 4. The Balaban J connectivity index is 1.64. The maximum atomic E-state index is 9.71. The van der Waals surface area contributed by atoms with E-state index in [-0.39, 0.29) is 6.10 Å². The summed E-state index contributed by atoms with van der Waals surface area (Å²) >= 11 is 1.40. The van der Waals surface area contributed by atoms with Crippen LogP contribution in [0, 0.1) is 6.92 Å². The molecule has 7 nitrogen and oxygen atoms in total. The lowest BCUT2D eigenvalue weighted by molar-refractivity contribution is 0.126. The number of aryl methyl sites for hydroxylation is 2. The number of nitrogens with one attached hydrogen (secondary N) is 2. The van der Waals surface area contributed by atoms with Gasteiger partial charge in [0.15, 0.2) is 5.82 Å². The summed E-state index contributed by atoms with van der Waals surface area (Å²) in [6.07, 6.45) is 5.41. The van der Waals surface area contributed by atoms with Crippen LogP contribution in [0.3, 0.4) is 0 Å². The van der Waals surface area contributed by atoms with Crippen LogP contribution in [-0.2, 0) is 7.05 Å². The van der Waals surface area contributed by atoms with Gasteiger partial charge in [-0.25, -0.2) is 4.98 Å². The molecule has 0 bridgehead atoms. The third kappa shape index (κ3) is 3.45. The highest BCUT2D eigenvalue weighted by Crippen LogP contribution is 2.28. The number of aliphatic hydroxyl groups excluding tert-OH is 1. The van der Waals surface area contributed by atoms with Crippen molar-refractivity contribution in [2.24, 2.45) is 7.05 Å². The second kappa shape index (κ2) is 6.61. The van der Waals surface area contributed by atoms with Crippen molar-refractivity contribution in [3.8, 4) is 0 Å². The van der Waals surface area contributed by atoms with E-state index in [2.05, 4.69) is 20.0 Å². The molecular weight excluding hydrogens is 336 g/mol. The van der Waals surface area contributed by atoms with Crippen molar-refractivity contribution in [2.45, 2.75) is 44.8 Å². The molecule has 3 N–H and O–H groups in total. The first-order valence-electron chi connectivity index (χ1n) is 8.56. The normalized spacial score (nSPS) is 20.8. The molecule has 1 saturated carbocycles. The van der Waals surface area contributed by atoms with Crippen LogP contribution in [0.25, 0.3) is 11.0 Å². The minimum Gasteiger partial charge on any atom is -0.393 e. The summed E-state index contributed by atoms with van der Waals surface area (Å²) in [5, 5.41) is 17.5. The number of rotatable bonds is 4. The number of hydrogen-bond donors (Lipinski definition) is 3. The number of nitrogens with zero attached hydrogens (tertiary/aromatic N) is 4. The lowest BCUT2D eigenvalue weighted by Gasteiger charge is -2.27. The van der Waals surface area contributed by atoms with E-state index in [4.69, 9.17) is 4.98 Å². The monoisotopic (exact) mass is 358 g/mol. The molecule has 1 aliphatic rings. The molecule has 0 amide bonds. The van der Waals surface area contributed by atoms with Gasteiger partial charge in [0.05, 0.1) is 17.3 Å². The summed E-state index contributed by atoms with van der Waals surface area (Å²) in [5.74, 6) is 1.41. The van der Waals surface area contributed by atoms with Crippen molar-refractivity contribution in [1.82, 2.24) is 18.9 Å². The Labute approximate surface area is 150 Å². The first-order chi connectivity index (χ1) is 12.1. The Morgan fingerprint density at radius 3 is 2.76 bits per heavy atom. The van der Waals surface area contributed by atoms with Crippen LogP contribution in [0.1, 0.15) is 31.4 Å². The molecule has 4 rings (SSSR count). The molecule has 8 heteroatoms. The molecule has 0 saturated heterocycles. The lowest BCUT2D eigenvalue weighted by Crippen LogP contribution is -2.28. The van der Waals surface area contributed by atoms with Gasteiger partial charge in [0, 0.05) is 19.3 Å². The molecule has 1 aliphatic carbocycles. The quantitative estimate of drug-likeness (QED) is 0.664. The molecule has 3 heterocycles. The second-order valence-corrected chi connectivity index (χ2v) is 7.47.